The van der Waals surface area contributed by atoms with Crippen LogP contribution in [-0.4, -0.2) is 22.5 Å². The van der Waals surface area contributed by atoms with E-state index in [2.05, 4.69) is 39.2 Å². The van der Waals surface area contributed by atoms with Gasteiger partial charge in [-0.15, -0.1) is 0 Å². The molecular weight excluding hydrogens is 148 g/mol. The van der Waals surface area contributed by atoms with Crippen molar-refractivity contribution in [3.63, 3.8) is 0 Å². The van der Waals surface area contributed by atoms with Crippen molar-refractivity contribution in [1.82, 2.24) is 0 Å². The van der Waals surface area contributed by atoms with Crippen molar-refractivity contribution in [1.29, 1.82) is 0 Å². The molecule has 72 valence electrons. The molecule has 0 heterocycles. The van der Waals surface area contributed by atoms with Crippen LogP contribution in [0, 0.1) is 0 Å². The number of nitrogens with two attached hydrogens (primary N) is 1. The van der Waals surface area contributed by atoms with Gasteiger partial charge in [-0.05, 0) is 34.1 Å². The van der Waals surface area contributed by atoms with Crippen molar-refractivity contribution in [2.24, 2.45) is 5.73 Å². The maximum atomic E-state index is 5.97. The summed E-state index contributed by atoms with van der Waals surface area (Å²) in [5.41, 5.74) is 5.97. The second-order valence-corrected chi connectivity index (χ2v) is 3.84. The van der Waals surface area contributed by atoms with Gasteiger partial charge in [-0.25, -0.2) is 0 Å². The summed E-state index contributed by atoms with van der Waals surface area (Å²) < 4.78 is 2.28. The summed E-state index contributed by atoms with van der Waals surface area (Å²) in [6.07, 6.45) is 2.14. The zero-order valence-corrected chi connectivity index (χ0v) is 9.09. The molecule has 0 spiro atoms. The quantitative estimate of drug-likeness (QED) is 0.391. The summed E-state index contributed by atoms with van der Waals surface area (Å²) in [5, 5.41) is 0. The molecule has 0 saturated carbocycles. The molecule has 0 unspecified atom stereocenters. The molecule has 0 aliphatic carbocycles. The minimum atomic E-state index is 0.511. The maximum Gasteiger partial charge on any atom is 0.242 e. The van der Waals surface area contributed by atoms with Crippen LogP contribution in [0.5, 0.6) is 0 Å². The highest BCUT2D eigenvalue weighted by Gasteiger charge is 2.14. The van der Waals surface area contributed by atoms with Gasteiger partial charge in [0.25, 0.3) is 0 Å². The van der Waals surface area contributed by atoms with E-state index >= 15 is 0 Å². The Morgan fingerprint density at radius 3 is 1.83 bits per heavy atom. The standard InChI is InChI=1S/C10H22N2/c1-6-7-10(11)12(8(2)3)9(4)5/h8-9,11H,6-7H2,1-5H3/p+1. The molecule has 0 radical (unpaired) electrons. The van der Waals surface area contributed by atoms with E-state index in [0.717, 1.165) is 18.7 Å². The Morgan fingerprint density at radius 1 is 1.17 bits per heavy atom. The van der Waals surface area contributed by atoms with E-state index in [4.69, 9.17) is 5.73 Å². The van der Waals surface area contributed by atoms with Gasteiger partial charge >= 0.3 is 0 Å². The van der Waals surface area contributed by atoms with Gasteiger partial charge in [-0.1, -0.05) is 6.92 Å². The van der Waals surface area contributed by atoms with Crippen LogP contribution in [-0.2, 0) is 0 Å². The number of hydrogen-bond donors (Lipinski definition) is 1. The van der Waals surface area contributed by atoms with Gasteiger partial charge in [0.15, 0.2) is 0 Å². The summed E-state index contributed by atoms with van der Waals surface area (Å²) in [6, 6.07) is 1.02. The van der Waals surface area contributed by atoms with Gasteiger partial charge in [0, 0.05) is 6.42 Å². The SMILES string of the molecule is CCCC(N)=[N+](C(C)C)C(C)C. The Labute approximate surface area is 76.5 Å². The lowest BCUT2D eigenvalue weighted by Crippen LogP contribution is -2.37. The number of rotatable bonds is 4. The lowest BCUT2D eigenvalue weighted by Gasteiger charge is -2.17. The van der Waals surface area contributed by atoms with E-state index in [1.807, 2.05) is 0 Å². The average Bonchev–Trinajstić information content (AvgIpc) is 1.85. The van der Waals surface area contributed by atoms with Crippen LogP contribution in [0.1, 0.15) is 47.5 Å². The Morgan fingerprint density at radius 2 is 1.58 bits per heavy atom. The van der Waals surface area contributed by atoms with Crippen LogP contribution < -0.4 is 5.73 Å². The molecule has 0 saturated heterocycles. The zero-order valence-electron chi connectivity index (χ0n) is 9.09. The number of nitrogens with zero attached hydrogens (tertiary/aromatic N) is 1. The highest BCUT2D eigenvalue weighted by molar-refractivity contribution is 5.75. The largest absolute Gasteiger partial charge is 0.291 e. The molecule has 12 heavy (non-hydrogen) atoms. The fraction of sp³-hybridized carbons (Fsp3) is 0.900. The van der Waals surface area contributed by atoms with E-state index in [-0.39, 0.29) is 0 Å². The number of hydrogen-bond acceptors (Lipinski definition) is 0. The molecule has 0 aromatic rings. The predicted molar refractivity (Wildman–Crippen MR) is 54.6 cm³/mol. The molecule has 0 amide bonds. The van der Waals surface area contributed by atoms with Crippen molar-refractivity contribution in [3.8, 4) is 0 Å². The van der Waals surface area contributed by atoms with Crippen LogP contribution in [0.3, 0.4) is 0 Å². The fourth-order valence-corrected chi connectivity index (χ4v) is 1.64. The normalized spacial score (nSPS) is 10.9. The first-order chi connectivity index (χ1) is 5.50. The first-order valence-electron chi connectivity index (χ1n) is 4.90. The molecular formula is C10H23N2+. The molecule has 2 heteroatoms. The smallest absolute Gasteiger partial charge is 0.242 e. The Balaban J connectivity index is 4.56. The van der Waals surface area contributed by atoms with Crippen LogP contribution >= 0.6 is 0 Å². The Bertz CT molecular complexity index is 147. The van der Waals surface area contributed by atoms with Crippen LogP contribution in [0.25, 0.3) is 0 Å². The summed E-state index contributed by atoms with van der Waals surface area (Å²) in [5.74, 6) is 1.03. The third-order valence-corrected chi connectivity index (χ3v) is 1.95. The number of amidine groups is 1. The molecule has 0 aliphatic heterocycles. The molecule has 0 aliphatic rings. The van der Waals surface area contributed by atoms with Crippen LogP contribution in [0.15, 0.2) is 0 Å². The third kappa shape index (κ3) is 3.24. The van der Waals surface area contributed by atoms with Crippen LogP contribution in [0.4, 0.5) is 0 Å². The minimum absolute atomic E-state index is 0.511. The van der Waals surface area contributed by atoms with E-state index < -0.39 is 0 Å². The monoisotopic (exact) mass is 171 g/mol. The van der Waals surface area contributed by atoms with Crippen molar-refractivity contribution in [3.05, 3.63) is 0 Å². The maximum absolute atomic E-state index is 5.97. The van der Waals surface area contributed by atoms with Crippen molar-refractivity contribution in [2.45, 2.75) is 59.5 Å². The van der Waals surface area contributed by atoms with Crippen molar-refractivity contribution < 1.29 is 4.58 Å². The topological polar surface area (TPSA) is 29.0 Å². The van der Waals surface area contributed by atoms with E-state index in [9.17, 15) is 0 Å². The molecule has 0 atom stereocenters. The second-order valence-electron chi connectivity index (χ2n) is 3.84. The molecule has 0 aromatic heterocycles. The lowest BCUT2D eigenvalue weighted by atomic mass is 10.2. The first-order valence-corrected chi connectivity index (χ1v) is 4.90. The molecule has 0 bridgehead atoms. The molecule has 2 N–H and O–H groups in total. The highest BCUT2D eigenvalue weighted by atomic mass is 15.1. The molecule has 0 aromatic carbocycles. The van der Waals surface area contributed by atoms with Gasteiger partial charge in [0.05, 0.1) is 12.1 Å². The van der Waals surface area contributed by atoms with Crippen LogP contribution in [0.2, 0.25) is 0 Å². The zero-order chi connectivity index (χ0) is 9.72. The van der Waals surface area contributed by atoms with Crippen molar-refractivity contribution >= 4 is 5.84 Å². The Kier molecular flexibility index (Phi) is 4.95. The molecule has 2 nitrogen and oxygen atoms in total. The van der Waals surface area contributed by atoms with E-state index in [1.54, 1.807) is 0 Å². The Hall–Kier alpha value is -0.530. The van der Waals surface area contributed by atoms with Crippen molar-refractivity contribution in [2.75, 3.05) is 0 Å². The lowest BCUT2D eigenvalue weighted by molar-refractivity contribution is -0.589. The highest BCUT2D eigenvalue weighted by Crippen LogP contribution is 1.99. The molecule has 0 fully saturated rings. The summed E-state index contributed by atoms with van der Waals surface area (Å²) >= 11 is 0. The predicted octanol–water partition coefficient (Wildman–Crippen LogP) is 1.97. The van der Waals surface area contributed by atoms with Gasteiger partial charge in [0.1, 0.15) is 0 Å². The first kappa shape index (κ1) is 11.5. The van der Waals surface area contributed by atoms with Gasteiger partial charge in [-0.2, -0.15) is 0 Å². The third-order valence-electron chi connectivity index (χ3n) is 1.95. The van der Waals surface area contributed by atoms with Gasteiger partial charge < -0.3 is 0 Å². The second kappa shape index (κ2) is 5.18. The fourth-order valence-electron chi connectivity index (χ4n) is 1.64. The minimum Gasteiger partial charge on any atom is -0.291 e. The summed E-state index contributed by atoms with van der Waals surface area (Å²) in [6.45, 7) is 10.9. The molecule has 0 rings (SSSR count). The van der Waals surface area contributed by atoms with Gasteiger partial charge in [0.2, 0.25) is 5.84 Å². The van der Waals surface area contributed by atoms with Gasteiger partial charge in [-0.3, -0.25) is 10.3 Å². The average molecular weight is 171 g/mol. The summed E-state index contributed by atoms with van der Waals surface area (Å²) in [4.78, 5) is 0. The summed E-state index contributed by atoms with van der Waals surface area (Å²) in [7, 11) is 0. The van der Waals surface area contributed by atoms with E-state index in [0.29, 0.717) is 12.1 Å². The van der Waals surface area contributed by atoms with E-state index in [1.165, 1.54) is 0 Å².